The fraction of sp³-hybridized carbons (Fsp3) is 0.250. The van der Waals surface area contributed by atoms with Gasteiger partial charge in [-0.2, -0.15) is 15.3 Å². The van der Waals surface area contributed by atoms with Crippen LogP contribution in [0.4, 0.5) is 0 Å². The summed E-state index contributed by atoms with van der Waals surface area (Å²) >= 11 is 0. The maximum atomic E-state index is 5.23. The summed E-state index contributed by atoms with van der Waals surface area (Å²) < 4.78 is 11.0. The fourth-order valence-electron chi connectivity index (χ4n) is 3.67. The number of benzene rings is 1. The van der Waals surface area contributed by atoms with Crippen molar-refractivity contribution in [2.24, 2.45) is 0 Å². The molecule has 0 spiro atoms. The van der Waals surface area contributed by atoms with Gasteiger partial charge in [0.15, 0.2) is 0 Å². The van der Waals surface area contributed by atoms with Crippen LogP contribution in [0.1, 0.15) is 31.9 Å². The van der Waals surface area contributed by atoms with Gasteiger partial charge >= 0.3 is 0 Å². The molecule has 0 N–H and O–H groups in total. The summed E-state index contributed by atoms with van der Waals surface area (Å²) in [6.45, 7) is 4.98. The molecule has 4 aromatic heterocycles. The van der Waals surface area contributed by atoms with Gasteiger partial charge in [-0.15, -0.1) is 0 Å². The van der Waals surface area contributed by atoms with Crippen LogP contribution in [0.3, 0.4) is 0 Å². The van der Waals surface area contributed by atoms with Gasteiger partial charge in [-0.05, 0) is 37.1 Å². The Balaban J connectivity index is 1.48. The standard InChI is InChI=1S/C24H25N7O/c1-4-17(2)30-15-20(12-27-30)24-23-9-10-25-31(23)16-22(28-24)19-11-26-29(14-19)13-18-5-7-21(32-3)8-6-18/h5-12,14-17H,4,13H2,1-3H3/t17-/m1/s1. The minimum atomic E-state index is 0.337. The maximum absolute atomic E-state index is 5.23. The molecule has 0 unspecified atom stereocenters. The number of aromatic nitrogens is 7. The normalized spacial score (nSPS) is 12.3. The van der Waals surface area contributed by atoms with Crippen LogP contribution < -0.4 is 4.74 Å². The highest BCUT2D eigenvalue weighted by Gasteiger charge is 2.15. The van der Waals surface area contributed by atoms with Crippen LogP contribution in [0.5, 0.6) is 5.75 Å². The number of fused-ring (bicyclic) bond motifs is 1. The quantitative estimate of drug-likeness (QED) is 0.383. The largest absolute Gasteiger partial charge is 0.497 e. The minimum absolute atomic E-state index is 0.337. The van der Waals surface area contributed by atoms with E-state index in [-0.39, 0.29) is 0 Å². The lowest BCUT2D eigenvalue weighted by Crippen LogP contribution is -2.03. The summed E-state index contributed by atoms with van der Waals surface area (Å²) in [5.41, 5.74) is 5.68. The fourth-order valence-corrected chi connectivity index (χ4v) is 3.67. The van der Waals surface area contributed by atoms with E-state index in [0.717, 1.165) is 45.8 Å². The van der Waals surface area contributed by atoms with Gasteiger partial charge in [0, 0.05) is 29.6 Å². The van der Waals surface area contributed by atoms with Gasteiger partial charge in [-0.1, -0.05) is 19.1 Å². The van der Waals surface area contributed by atoms with E-state index in [1.807, 2.05) is 69.0 Å². The number of nitrogens with zero attached hydrogens (tertiary/aromatic N) is 7. The predicted molar refractivity (Wildman–Crippen MR) is 123 cm³/mol. The third kappa shape index (κ3) is 3.75. The van der Waals surface area contributed by atoms with Crippen LogP contribution in [0.25, 0.3) is 28.0 Å². The topological polar surface area (TPSA) is 75.1 Å². The molecule has 5 rings (SSSR count). The van der Waals surface area contributed by atoms with E-state index < -0.39 is 0 Å². The van der Waals surface area contributed by atoms with Gasteiger partial charge in [0.25, 0.3) is 0 Å². The van der Waals surface area contributed by atoms with Crippen molar-refractivity contribution in [3.8, 4) is 28.3 Å². The van der Waals surface area contributed by atoms with Crippen LogP contribution in [0.2, 0.25) is 0 Å². The lowest BCUT2D eigenvalue weighted by Gasteiger charge is -2.08. The van der Waals surface area contributed by atoms with Crippen molar-refractivity contribution in [3.05, 3.63) is 73.1 Å². The molecule has 1 aromatic carbocycles. The van der Waals surface area contributed by atoms with E-state index in [1.165, 1.54) is 0 Å². The van der Waals surface area contributed by atoms with E-state index in [9.17, 15) is 0 Å². The lowest BCUT2D eigenvalue weighted by atomic mass is 10.2. The van der Waals surface area contributed by atoms with E-state index in [4.69, 9.17) is 9.72 Å². The predicted octanol–water partition coefficient (Wildman–Crippen LogP) is 4.48. The number of rotatable bonds is 7. The van der Waals surface area contributed by atoms with E-state index >= 15 is 0 Å². The second-order valence-electron chi connectivity index (χ2n) is 7.88. The second kappa shape index (κ2) is 8.30. The summed E-state index contributed by atoms with van der Waals surface area (Å²) in [4.78, 5) is 4.97. The zero-order valence-corrected chi connectivity index (χ0v) is 18.4. The number of ether oxygens (including phenoxy) is 1. The van der Waals surface area contributed by atoms with Crippen molar-refractivity contribution < 1.29 is 4.74 Å². The summed E-state index contributed by atoms with van der Waals surface area (Å²) in [6, 6.07) is 10.3. The van der Waals surface area contributed by atoms with Gasteiger partial charge in [0.1, 0.15) is 5.75 Å². The Labute approximate surface area is 186 Å². The molecule has 0 amide bonds. The molecular weight excluding hydrogens is 402 g/mol. The molecule has 32 heavy (non-hydrogen) atoms. The summed E-state index contributed by atoms with van der Waals surface area (Å²) in [7, 11) is 1.67. The molecule has 162 valence electrons. The smallest absolute Gasteiger partial charge is 0.118 e. The first-order chi connectivity index (χ1) is 15.6. The second-order valence-corrected chi connectivity index (χ2v) is 7.88. The van der Waals surface area contributed by atoms with Crippen LogP contribution >= 0.6 is 0 Å². The van der Waals surface area contributed by atoms with Crippen molar-refractivity contribution in [1.82, 2.24) is 34.2 Å². The van der Waals surface area contributed by atoms with Crippen molar-refractivity contribution in [1.29, 1.82) is 0 Å². The third-order valence-corrected chi connectivity index (χ3v) is 5.74. The monoisotopic (exact) mass is 427 g/mol. The molecule has 8 heteroatoms. The molecular formula is C24H25N7O. The van der Waals surface area contributed by atoms with Crippen molar-refractivity contribution in [2.45, 2.75) is 32.9 Å². The molecule has 0 aliphatic carbocycles. The Bertz CT molecular complexity index is 1350. The molecule has 8 nitrogen and oxygen atoms in total. The van der Waals surface area contributed by atoms with Crippen molar-refractivity contribution in [2.75, 3.05) is 7.11 Å². The van der Waals surface area contributed by atoms with Gasteiger partial charge in [0.05, 0.1) is 55.3 Å². The molecule has 0 saturated carbocycles. The van der Waals surface area contributed by atoms with Gasteiger partial charge in [0.2, 0.25) is 0 Å². The average Bonchev–Trinajstić information content (AvgIpc) is 3.59. The first-order valence-corrected chi connectivity index (χ1v) is 10.7. The van der Waals surface area contributed by atoms with E-state index in [1.54, 1.807) is 13.3 Å². The molecule has 0 aliphatic rings. The lowest BCUT2D eigenvalue weighted by molar-refractivity contribution is 0.414. The molecule has 0 radical (unpaired) electrons. The molecule has 0 bridgehead atoms. The maximum Gasteiger partial charge on any atom is 0.118 e. The Morgan fingerprint density at radius 2 is 1.75 bits per heavy atom. The Hall–Kier alpha value is -3.94. The molecule has 5 aromatic rings. The molecule has 0 saturated heterocycles. The Morgan fingerprint density at radius 1 is 0.938 bits per heavy atom. The zero-order valence-electron chi connectivity index (χ0n) is 18.4. The zero-order chi connectivity index (χ0) is 22.1. The highest BCUT2D eigenvalue weighted by molar-refractivity contribution is 5.78. The molecule has 0 aliphatic heterocycles. The van der Waals surface area contributed by atoms with Crippen LogP contribution in [0, 0.1) is 0 Å². The van der Waals surface area contributed by atoms with Crippen molar-refractivity contribution >= 4 is 5.52 Å². The van der Waals surface area contributed by atoms with Gasteiger partial charge in [-0.25, -0.2) is 9.50 Å². The number of hydrogen-bond donors (Lipinski definition) is 0. The molecule has 1 atom stereocenters. The van der Waals surface area contributed by atoms with Crippen LogP contribution in [-0.4, -0.2) is 41.3 Å². The van der Waals surface area contributed by atoms with Crippen LogP contribution in [0.15, 0.2) is 67.5 Å². The van der Waals surface area contributed by atoms with E-state index in [0.29, 0.717) is 12.6 Å². The number of methoxy groups -OCH3 is 1. The van der Waals surface area contributed by atoms with Crippen LogP contribution in [-0.2, 0) is 6.54 Å². The molecule has 4 heterocycles. The Kier molecular flexibility index (Phi) is 5.18. The number of hydrogen-bond acceptors (Lipinski definition) is 5. The van der Waals surface area contributed by atoms with Gasteiger partial charge < -0.3 is 4.74 Å². The first-order valence-electron chi connectivity index (χ1n) is 10.7. The highest BCUT2D eigenvalue weighted by atomic mass is 16.5. The SMILES string of the molecule is CC[C@@H](C)n1cc(-c2nc(-c3cnn(Cc4ccc(OC)cc4)c3)cn3nccc23)cn1. The van der Waals surface area contributed by atoms with Crippen molar-refractivity contribution in [3.63, 3.8) is 0 Å². The average molecular weight is 428 g/mol. The van der Waals surface area contributed by atoms with E-state index in [2.05, 4.69) is 35.3 Å². The highest BCUT2D eigenvalue weighted by Crippen LogP contribution is 2.27. The summed E-state index contributed by atoms with van der Waals surface area (Å²) in [5, 5.41) is 13.5. The summed E-state index contributed by atoms with van der Waals surface area (Å²) in [5.74, 6) is 0.843. The summed E-state index contributed by atoms with van der Waals surface area (Å²) in [6.07, 6.45) is 12.5. The Morgan fingerprint density at radius 3 is 2.53 bits per heavy atom. The third-order valence-electron chi connectivity index (χ3n) is 5.74. The first kappa shape index (κ1) is 20.0. The minimum Gasteiger partial charge on any atom is -0.497 e. The molecule has 0 fully saturated rings. The van der Waals surface area contributed by atoms with Gasteiger partial charge in [-0.3, -0.25) is 9.36 Å².